The number of halogens is 1. The molecule has 0 amide bonds. The van der Waals surface area contributed by atoms with E-state index in [4.69, 9.17) is 14.0 Å². The molecular formula is C21H16FN3O4. The second-order valence-electron chi connectivity index (χ2n) is 6.72. The molecule has 146 valence electrons. The molecule has 8 heteroatoms. The Balaban J connectivity index is 1.63. The van der Waals surface area contributed by atoms with Gasteiger partial charge in [0.15, 0.2) is 11.5 Å². The molecule has 3 heterocycles. The van der Waals surface area contributed by atoms with E-state index in [2.05, 4.69) is 10.1 Å². The smallest absolute Gasteiger partial charge is 0.263 e. The fourth-order valence-electron chi connectivity index (χ4n) is 3.43. The van der Waals surface area contributed by atoms with Crippen LogP contribution in [0, 0.1) is 5.82 Å². The minimum atomic E-state index is -0.471. The monoisotopic (exact) mass is 393 g/mol. The average molecular weight is 393 g/mol. The predicted octanol–water partition coefficient (Wildman–Crippen LogP) is 4.00. The first-order valence-corrected chi connectivity index (χ1v) is 9.21. The van der Waals surface area contributed by atoms with E-state index in [1.54, 1.807) is 30.5 Å². The second-order valence-corrected chi connectivity index (χ2v) is 6.72. The third-order valence-electron chi connectivity index (χ3n) is 4.79. The Bertz CT molecular complexity index is 1300. The molecule has 0 aliphatic carbocycles. The minimum Gasteiger partial charge on any atom is -0.454 e. The van der Waals surface area contributed by atoms with E-state index in [1.807, 2.05) is 11.5 Å². The van der Waals surface area contributed by atoms with Gasteiger partial charge in [-0.1, -0.05) is 12.1 Å². The predicted molar refractivity (Wildman–Crippen MR) is 103 cm³/mol. The summed E-state index contributed by atoms with van der Waals surface area (Å²) in [4.78, 5) is 17.4. The normalized spacial score (nSPS) is 12.6. The molecule has 0 bridgehead atoms. The molecule has 0 saturated heterocycles. The number of hydrogen-bond donors (Lipinski definition) is 0. The van der Waals surface area contributed by atoms with Crippen LogP contribution in [0.1, 0.15) is 13.3 Å². The van der Waals surface area contributed by atoms with Crippen molar-refractivity contribution in [3.63, 3.8) is 0 Å². The number of benzene rings is 2. The Hall–Kier alpha value is -3.68. The molecule has 29 heavy (non-hydrogen) atoms. The highest BCUT2D eigenvalue weighted by Crippen LogP contribution is 2.35. The van der Waals surface area contributed by atoms with Crippen molar-refractivity contribution in [2.75, 3.05) is 6.79 Å². The molecule has 2 aromatic carbocycles. The fraction of sp³-hybridized carbons (Fsp3) is 0.190. The zero-order valence-corrected chi connectivity index (χ0v) is 15.5. The second kappa shape index (κ2) is 6.73. The van der Waals surface area contributed by atoms with Gasteiger partial charge in [-0.25, -0.2) is 4.39 Å². The highest BCUT2D eigenvalue weighted by Gasteiger charge is 2.20. The summed E-state index contributed by atoms with van der Waals surface area (Å²) in [5, 5.41) is 4.27. The van der Waals surface area contributed by atoms with Gasteiger partial charge in [-0.2, -0.15) is 4.98 Å². The summed E-state index contributed by atoms with van der Waals surface area (Å²) in [5.74, 6) is 1.18. The van der Waals surface area contributed by atoms with Crippen LogP contribution < -0.4 is 14.9 Å². The topological polar surface area (TPSA) is 79.4 Å². The maximum atomic E-state index is 13.8. The van der Waals surface area contributed by atoms with Crippen LogP contribution in [-0.2, 0) is 6.54 Å². The van der Waals surface area contributed by atoms with Crippen LogP contribution in [0.3, 0.4) is 0 Å². The Morgan fingerprint density at radius 1 is 1.14 bits per heavy atom. The molecule has 7 nitrogen and oxygen atoms in total. The maximum absolute atomic E-state index is 13.8. The number of nitrogens with zero attached hydrogens (tertiary/aromatic N) is 3. The third-order valence-corrected chi connectivity index (χ3v) is 4.79. The van der Waals surface area contributed by atoms with Gasteiger partial charge in [-0.05, 0) is 42.8 Å². The van der Waals surface area contributed by atoms with E-state index in [0.29, 0.717) is 34.9 Å². The lowest BCUT2D eigenvalue weighted by molar-refractivity contribution is 0.174. The van der Waals surface area contributed by atoms with Crippen molar-refractivity contribution in [1.82, 2.24) is 14.7 Å². The van der Waals surface area contributed by atoms with Crippen molar-refractivity contribution < 1.29 is 18.4 Å². The SMILES string of the molecule is CCCn1cc(-c2nc(-c3ccc4c(c3)OCO4)no2)c(=O)c2cc(F)ccc21. The van der Waals surface area contributed by atoms with Crippen molar-refractivity contribution in [2.24, 2.45) is 0 Å². The molecular weight excluding hydrogens is 377 g/mol. The molecule has 0 unspecified atom stereocenters. The van der Waals surface area contributed by atoms with Crippen molar-refractivity contribution >= 4 is 10.9 Å². The van der Waals surface area contributed by atoms with Crippen LogP contribution in [0.2, 0.25) is 0 Å². The van der Waals surface area contributed by atoms with Gasteiger partial charge in [-0.3, -0.25) is 4.79 Å². The number of hydrogen-bond acceptors (Lipinski definition) is 6. The Morgan fingerprint density at radius 2 is 2.00 bits per heavy atom. The molecule has 1 aliphatic heterocycles. The van der Waals surface area contributed by atoms with Gasteiger partial charge in [0.2, 0.25) is 18.0 Å². The Kier molecular flexibility index (Phi) is 4.04. The number of ether oxygens (including phenoxy) is 2. The minimum absolute atomic E-state index is 0.0821. The van der Waals surface area contributed by atoms with Crippen LogP contribution >= 0.6 is 0 Å². The first-order valence-electron chi connectivity index (χ1n) is 9.21. The molecule has 4 aromatic rings. The zero-order chi connectivity index (χ0) is 20.0. The van der Waals surface area contributed by atoms with E-state index in [-0.39, 0.29) is 29.1 Å². The lowest BCUT2D eigenvalue weighted by atomic mass is 10.1. The molecule has 1 aliphatic rings. The molecule has 0 atom stereocenters. The maximum Gasteiger partial charge on any atom is 0.263 e. The van der Waals surface area contributed by atoms with Gasteiger partial charge in [0, 0.05) is 23.7 Å². The number of aromatic nitrogens is 3. The largest absolute Gasteiger partial charge is 0.454 e. The van der Waals surface area contributed by atoms with Gasteiger partial charge >= 0.3 is 0 Å². The van der Waals surface area contributed by atoms with Gasteiger partial charge in [0.25, 0.3) is 5.89 Å². The quantitative estimate of drug-likeness (QED) is 0.522. The van der Waals surface area contributed by atoms with E-state index < -0.39 is 5.82 Å². The highest BCUT2D eigenvalue weighted by atomic mass is 19.1. The first kappa shape index (κ1) is 17.4. The van der Waals surface area contributed by atoms with E-state index in [1.165, 1.54) is 12.1 Å². The number of pyridine rings is 1. The lowest BCUT2D eigenvalue weighted by Crippen LogP contribution is -2.12. The summed E-state index contributed by atoms with van der Waals surface area (Å²) in [7, 11) is 0. The van der Waals surface area contributed by atoms with Crippen LogP contribution in [-0.4, -0.2) is 21.5 Å². The molecule has 0 N–H and O–H groups in total. The summed E-state index contributed by atoms with van der Waals surface area (Å²) in [6, 6.07) is 9.49. The molecule has 2 aromatic heterocycles. The van der Waals surface area contributed by atoms with Crippen molar-refractivity contribution in [2.45, 2.75) is 19.9 Å². The van der Waals surface area contributed by atoms with Crippen LogP contribution in [0.15, 0.2) is 51.9 Å². The summed E-state index contributed by atoms with van der Waals surface area (Å²) in [5.41, 5.74) is 1.21. The molecule has 0 spiro atoms. The first-order chi connectivity index (χ1) is 14.1. The fourth-order valence-corrected chi connectivity index (χ4v) is 3.43. The number of rotatable bonds is 4. The summed E-state index contributed by atoms with van der Waals surface area (Å²) >= 11 is 0. The van der Waals surface area contributed by atoms with Gasteiger partial charge in [-0.15, -0.1) is 0 Å². The Morgan fingerprint density at radius 3 is 2.86 bits per heavy atom. The molecule has 0 fully saturated rings. The standard InChI is InChI=1S/C21H16FN3O4/c1-2-7-25-10-15(19(26)14-9-13(22)4-5-16(14)25)21-23-20(24-29-21)12-3-6-17-18(8-12)28-11-27-17/h3-6,8-10H,2,7,11H2,1H3. The van der Waals surface area contributed by atoms with E-state index in [9.17, 15) is 9.18 Å². The summed E-state index contributed by atoms with van der Waals surface area (Å²) in [6.07, 6.45) is 2.53. The van der Waals surface area contributed by atoms with Crippen LogP contribution in [0.25, 0.3) is 33.7 Å². The zero-order valence-electron chi connectivity index (χ0n) is 15.5. The summed E-state index contributed by atoms with van der Waals surface area (Å²) < 4.78 is 31.7. The van der Waals surface area contributed by atoms with Gasteiger partial charge in [0.05, 0.1) is 5.52 Å². The van der Waals surface area contributed by atoms with Crippen molar-refractivity contribution in [3.8, 4) is 34.3 Å². The van der Waals surface area contributed by atoms with Gasteiger partial charge < -0.3 is 18.6 Å². The summed E-state index contributed by atoms with van der Waals surface area (Å²) in [6.45, 7) is 2.86. The van der Waals surface area contributed by atoms with Crippen molar-refractivity contribution in [1.29, 1.82) is 0 Å². The van der Waals surface area contributed by atoms with Crippen LogP contribution in [0.4, 0.5) is 4.39 Å². The molecule has 5 rings (SSSR count). The Labute approximate surface area is 164 Å². The number of aryl methyl sites for hydroxylation is 1. The van der Waals surface area contributed by atoms with E-state index in [0.717, 1.165) is 6.42 Å². The average Bonchev–Trinajstić information content (AvgIpc) is 3.39. The van der Waals surface area contributed by atoms with Crippen molar-refractivity contribution in [3.05, 3.63) is 58.6 Å². The molecule has 0 radical (unpaired) electrons. The van der Waals surface area contributed by atoms with Crippen LogP contribution in [0.5, 0.6) is 11.5 Å². The lowest BCUT2D eigenvalue weighted by Gasteiger charge is -2.11. The van der Waals surface area contributed by atoms with E-state index >= 15 is 0 Å². The van der Waals surface area contributed by atoms with Gasteiger partial charge in [0.1, 0.15) is 11.4 Å². The number of fused-ring (bicyclic) bond motifs is 2. The molecule has 0 saturated carbocycles. The highest BCUT2D eigenvalue weighted by molar-refractivity contribution is 5.83. The third kappa shape index (κ3) is 2.93.